The van der Waals surface area contributed by atoms with E-state index in [0.29, 0.717) is 18.4 Å². The van der Waals surface area contributed by atoms with Gasteiger partial charge in [0, 0.05) is 25.6 Å². The van der Waals surface area contributed by atoms with Gasteiger partial charge in [0.05, 0.1) is 0 Å². The monoisotopic (exact) mass is 254 g/mol. The molecule has 2 rings (SSSR count). The van der Waals surface area contributed by atoms with Crippen molar-refractivity contribution >= 4 is 5.97 Å². The number of carbonyl (C=O) groups is 1. The SMILES string of the molecule is COCCCC(=O)OC1CC2CCC1(C)C2(C)C. The van der Waals surface area contributed by atoms with Gasteiger partial charge in [0.25, 0.3) is 0 Å². The molecule has 0 amide bonds. The number of esters is 1. The number of rotatable bonds is 5. The lowest BCUT2D eigenvalue weighted by molar-refractivity contribution is -0.157. The maximum absolute atomic E-state index is 11.8. The van der Waals surface area contributed by atoms with Crippen LogP contribution in [0.3, 0.4) is 0 Å². The van der Waals surface area contributed by atoms with Crippen LogP contribution >= 0.6 is 0 Å². The molecule has 3 nitrogen and oxygen atoms in total. The van der Waals surface area contributed by atoms with Crippen molar-refractivity contribution < 1.29 is 14.3 Å². The highest BCUT2D eigenvalue weighted by atomic mass is 16.5. The molecular weight excluding hydrogens is 228 g/mol. The standard InChI is InChI=1S/C15H26O3/c1-14(2)11-7-8-15(14,3)12(10-11)18-13(16)6-5-9-17-4/h11-12H,5-10H2,1-4H3. The molecule has 0 saturated heterocycles. The molecule has 2 saturated carbocycles. The Morgan fingerprint density at radius 2 is 2.06 bits per heavy atom. The number of carbonyl (C=O) groups excluding carboxylic acids is 1. The van der Waals surface area contributed by atoms with Gasteiger partial charge < -0.3 is 9.47 Å². The molecule has 2 aliphatic rings. The summed E-state index contributed by atoms with van der Waals surface area (Å²) in [4.78, 5) is 11.8. The van der Waals surface area contributed by atoms with Crippen LogP contribution in [-0.2, 0) is 14.3 Å². The van der Waals surface area contributed by atoms with Gasteiger partial charge in [-0.25, -0.2) is 0 Å². The molecule has 2 aliphatic carbocycles. The van der Waals surface area contributed by atoms with E-state index >= 15 is 0 Å². The number of ether oxygens (including phenoxy) is 2. The molecule has 0 N–H and O–H groups in total. The number of fused-ring (bicyclic) bond motifs is 2. The summed E-state index contributed by atoms with van der Waals surface area (Å²) in [6.07, 6.45) is 4.90. The van der Waals surface area contributed by atoms with Gasteiger partial charge in [0.15, 0.2) is 0 Å². The van der Waals surface area contributed by atoms with Crippen molar-refractivity contribution in [2.75, 3.05) is 13.7 Å². The first-order valence-corrected chi connectivity index (χ1v) is 7.10. The van der Waals surface area contributed by atoms with Crippen LogP contribution in [0, 0.1) is 16.7 Å². The number of hydrogen-bond donors (Lipinski definition) is 0. The average Bonchev–Trinajstić information content (AvgIpc) is 2.62. The molecule has 3 unspecified atom stereocenters. The second kappa shape index (κ2) is 4.84. The van der Waals surface area contributed by atoms with Crippen molar-refractivity contribution in [3.05, 3.63) is 0 Å². The number of hydrogen-bond acceptors (Lipinski definition) is 3. The van der Waals surface area contributed by atoms with E-state index in [2.05, 4.69) is 20.8 Å². The molecule has 0 spiro atoms. The Morgan fingerprint density at radius 1 is 1.33 bits per heavy atom. The highest BCUT2D eigenvalue weighted by Gasteiger charge is 2.62. The normalized spacial score (nSPS) is 36.9. The third-order valence-electron chi connectivity index (χ3n) is 5.72. The number of methoxy groups -OCH3 is 1. The topological polar surface area (TPSA) is 35.5 Å². The van der Waals surface area contributed by atoms with Gasteiger partial charge >= 0.3 is 5.97 Å². The first kappa shape index (κ1) is 13.9. The Bertz CT molecular complexity index is 324. The molecule has 0 aromatic carbocycles. The van der Waals surface area contributed by atoms with E-state index in [-0.39, 0.29) is 17.5 Å². The molecule has 0 aromatic heterocycles. The van der Waals surface area contributed by atoms with E-state index in [0.717, 1.165) is 18.8 Å². The summed E-state index contributed by atoms with van der Waals surface area (Å²) >= 11 is 0. The van der Waals surface area contributed by atoms with E-state index in [4.69, 9.17) is 9.47 Å². The maximum atomic E-state index is 11.8. The fourth-order valence-corrected chi connectivity index (χ4v) is 3.89. The fraction of sp³-hybridized carbons (Fsp3) is 0.933. The first-order valence-electron chi connectivity index (χ1n) is 7.10. The van der Waals surface area contributed by atoms with Crippen molar-refractivity contribution in [3.8, 4) is 0 Å². The molecule has 0 aromatic rings. The van der Waals surface area contributed by atoms with E-state index in [9.17, 15) is 4.79 Å². The molecule has 0 radical (unpaired) electrons. The van der Waals surface area contributed by atoms with Crippen LogP contribution in [0.15, 0.2) is 0 Å². The van der Waals surface area contributed by atoms with Gasteiger partial charge in [0.2, 0.25) is 0 Å². The Balaban J connectivity index is 1.90. The summed E-state index contributed by atoms with van der Waals surface area (Å²) in [7, 11) is 1.66. The second-order valence-corrected chi connectivity index (χ2v) is 6.69. The van der Waals surface area contributed by atoms with Crippen molar-refractivity contribution in [3.63, 3.8) is 0 Å². The van der Waals surface area contributed by atoms with Crippen molar-refractivity contribution in [2.45, 2.75) is 59.0 Å². The van der Waals surface area contributed by atoms with Gasteiger partial charge in [-0.05, 0) is 37.0 Å². The van der Waals surface area contributed by atoms with E-state index in [1.165, 1.54) is 12.8 Å². The largest absolute Gasteiger partial charge is 0.462 e. The minimum absolute atomic E-state index is 0.0541. The van der Waals surface area contributed by atoms with Crippen LogP contribution in [0.5, 0.6) is 0 Å². The predicted octanol–water partition coefficient (Wildman–Crippen LogP) is 3.17. The zero-order chi connectivity index (χ0) is 13.4. The third-order valence-corrected chi connectivity index (χ3v) is 5.72. The molecule has 3 atom stereocenters. The zero-order valence-electron chi connectivity index (χ0n) is 12.1. The summed E-state index contributed by atoms with van der Waals surface area (Å²) in [5, 5.41) is 0. The van der Waals surface area contributed by atoms with Crippen molar-refractivity contribution in [2.24, 2.45) is 16.7 Å². The smallest absolute Gasteiger partial charge is 0.306 e. The van der Waals surface area contributed by atoms with E-state index in [1.54, 1.807) is 7.11 Å². The minimum Gasteiger partial charge on any atom is -0.462 e. The molecule has 0 aliphatic heterocycles. The second-order valence-electron chi connectivity index (χ2n) is 6.69. The van der Waals surface area contributed by atoms with E-state index in [1.807, 2.05) is 0 Å². The van der Waals surface area contributed by atoms with Gasteiger partial charge in [-0.1, -0.05) is 20.8 Å². The lowest BCUT2D eigenvalue weighted by Crippen LogP contribution is -2.38. The quantitative estimate of drug-likeness (QED) is 0.558. The molecule has 0 heterocycles. The minimum atomic E-state index is -0.0541. The maximum Gasteiger partial charge on any atom is 0.306 e. The van der Waals surface area contributed by atoms with Crippen molar-refractivity contribution in [1.82, 2.24) is 0 Å². The van der Waals surface area contributed by atoms with Gasteiger partial charge in [-0.2, -0.15) is 0 Å². The Kier molecular flexibility index (Phi) is 3.72. The molecule has 18 heavy (non-hydrogen) atoms. The summed E-state index contributed by atoms with van der Waals surface area (Å²) in [6, 6.07) is 0. The molecule has 2 fully saturated rings. The first-order chi connectivity index (χ1) is 8.41. The fourth-order valence-electron chi connectivity index (χ4n) is 3.89. The summed E-state index contributed by atoms with van der Waals surface area (Å²) in [6.45, 7) is 7.60. The van der Waals surface area contributed by atoms with Gasteiger partial charge in [-0.15, -0.1) is 0 Å². The highest BCUT2D eigenvalue weighted by molar-refractivity contribution is 5.69. The lowest BCUT2D eigenvalue weighted by Gasteiger charge is -2.38. The van der Waals surface area contributed by atoms with Crippen LogP contribution in [0.2, 0.25) is 0 Å². The summed E-state index contributed by atoms with van der Waals surface area (Å²) < 4.78 is 10.7. The summed E-state index contributed by atoms with van der Waals surface area (Å²) in [5.41, 5.74) is 0.485. The van der Waals surface area contributed by atoms with Gasteiger partial charge in [0.1, 0.15) is 6.10 Å². The Hall–Kier alpha value is -0.570. The molecule has 3 heteroatoms. The molecule has 104 valence electrons. The Morgan fingerprint density at radius 3 is 2.56 bits per heavy atom. The highest BCUT2D eigenvalue weighted by Crippen LogP contribution is 2.66. The molecular formula is C15H26O3. The van der Waals surface area contributed by atoms with Crippen molar-refractivity contribution in [1.29, 1.82) is 0 Å². The van der Waals surface area contributed by atoms with Crippen LogP contribution in [0.4, 0.5) is 0 Å². The van der Waals surface area contributed by atoms with Crippen LogP contribution < -0.4 is 0 Å². The average molecular weight is 254 g/mol. The van der Waals surface area contributed by atoms with Gasteiger partial charge in [-0.3, -0.25) is 4.79 Å². The molecule has 2 bridgehead atoms. The van der Waals surface area contributed by atoms with Crippen LogP contribution in [0.1, 0.15) is 52.9 Å². The zero-order valence-corrected chi connectivity index (χ0v) is 12.1. The lowest BCUT2D eigenvalue weighted by atomic mass is 9.70. The summed E-state index contributed by atoms with van der Waals surface area (Å²) in [5.74, 6) is 0.668. The Labute approximate surface area is 110 Å². The predicted molar refractivity (Wildman–Crippen MR) is 70.2 cm³/mol. The van der Waals surface area contributed by atoms with Crippen LogP contribution in [0.25, 0.3) is 0 Å². The van der Waals surface area contributed by atoms with E-state index < -0.39 is 0 Å². The third kappa shape index (κ3) is 2.07. The van der Waals surface area contributed by atoms with Crippen LogP contribution in [-0.4, -0.2) is 25.8 Å².